The predicted octanol–water partition coefficient (Wildman–Crippen LogP) is 1.47. The van der Waals surface area contributed by atoms with Crippen molar-refractivity contribution in [3.05, 3.63) is 0 Å². The van der Waals surface area contributed by atoms with Crippen molar-refractivity contribution in [3.8, 4) is 0 Å². The molecule has 7 nitrogen and oxygen atoms in total. The van der Waals surface area contributed by atoms with Gasteiger partial charge in [0.1, 0.15) is 0 Å². The molecular weight excluding hydrogens is 390 g/mol. The third-order valence-electron chi connectivity index (χ3n) is 6.04. The highest BCUT2D eigenvalue weighted by atomic mass is 35.5. The van der Waals surface area contributed by atoms with Gasteiger partial charge in [0, 0.05) is 19.5 Å². The molecule has 1 unspecified atom stereocenters. The lowest BCUT2D eigenvalue weighted by Crippen LogP contribution is -2.44. The number of sulfonamides is 1. The first-order valence-electron chi connectivity index (χ1n) is 9.89. The van der Waals surface area contributed by atoms with Crippen LogP contribution in [-0.4, -0.2) is 78.9 Å². The van der Waals surface area contributed by atoms with Crippen LogP contribution in [0.25, 0.3) is 0 Å². The second-order valence-electron chi connectivity index (χ2n) is 7.88. The molecule has 9 heteroatoms. The van der Waals surface area contributed by atoms with Crippen molar-refractivity contribution >= 4 is 34.2 Å². The van der Waals surface area contributed by atoms with E-state index in [4.69, 9.17) is 0 Å². The maximum Gasteiger partial charge on any atom is 0.241 e. The van der Waals surface area contributed by atoms with E-state index in [0.717, 1.165) is 36.6 Å². The molecule has 0 aromatic heterocycles. The van der Waals surface area contributed by atoms with Crippen LogP contribution in [0.1, 0.15) is 51.9 Å². The first kappa shape index (κ1) is 22.4. The standard InChI is InChI=1S/C18H31N3O4S.ClH/c1-3-7-14-17-15(21(18(14)23)26(2,24)25)8-13-20(17)16(22)9-12-19-10-5-4-6-11-19;/h14-15,17H,3-13H2,1-2H3;1H/t14?,15-,17+;/m0./s1. The van der Waals surface area contributed by atoms with Crippen LogP contribution in [0.5, 0.6) is 0 Å². The number of rotatable bonds is 6. The number of carbonyl (C=O) groups excluding carboxylic acids is 2. The molecule has 0 radical (unpaired) electrons. The lowest BCUT2D eigenvalue weighted by molar-refractivity contribution is -0.134. The summed E-state index contributed by atoms with van der Waals surface area (Å²) in [6, 6.07) is -0.668. The fraction of sp³-hybridized carbons (Fsp3) is 0.889. The first-order chi connectivity index (χ1) is 12.3. The smallest absolute Gasteiger partial charge is 0.241 e. The van der Waals surface area contributed by atoms with Gasteiger partial charge in [-0.25, -0.2) is 12.7 Å². The van der Waals surface area contributed by atoms with E-state index in [1.165, 1.54) is 19.3 Å². The van der Waals surface area contributed by atoms with Gasteiger partial charge in [0.05, 0.1) is 24.3 Å². The van der Waals surface area contributed by atoms with Crippen molar-refractivity contribution in [2.24, 2.45) is 5.92 Å². The molecular formula is C18H32ClN3O4S. The molecule has 2 amide bonds. The SMILES string of the molecule is CCCC1C(=O)N(S(C)(=O)=O)[C@H]2CCN(C(=O)CCN3CCCCC3)[C@H]12.Cl. The minimum absolute atomic E-state index is 0. The largest absolute Gasteiger partial charge is 0.337 e. The molecule has 0 N–H and O–H groups in total. The zero-order valence-electron chi connectivity index (χ0n) is 16.3. The number of hydrogen-bond acceptors (Lipinski definition) is 5. The highest BCUT2D eigenvalue weighted by molar-refractivity contribution is 7.88. The van der Waals surface area contributed by atoms with Crippen LogP contribution in [0, 0.1) is 5.92 Å². The third-order valence-corrected chi connectivity index (χ3v) is 7.20. The Labute approximate surface area is 168 Å². The fourth-order valence-electron chi connectivity index (χ4n) is 4.90. The molecule has 3 fully saturated rings. The van der Waals surface area contributed by atoms with Gasteiger partial charge in [0.15, 0.2) is 0 Å². The average Bonchev–Trinajstić information content (AvgIpc) is 3.12. The van der Waals surface area contributed by atoms with E-state index in [0.29, 0.717) is 25.8 Å². The number of halogens is 1. The van der Waals surface area contributed by atoms with Crippen LogP contribution in [0.4, 0.5) is 0 Å². The van der Waals surface area contributed by atoms with Crippen molar-refractivity contribution < 1.29 is 18.0 Å². The van der Waals surface area contributed by atoms with Gasteiger partial charge in [-0.15, -0.1) is 12.4 Å². The molecule has 3 heterocycles. The van der Waals surface area contributed by atoms with Crippen LogP contribution >= 0.6 is 12.4 Å². The predicted molar refractivity (Wildman–Crippen MR) is 106 cm³/mol. The second-order valence-corrected chi connectivity index (χ2v) is 9.74. The summed E-state index contributed by atoms with van der Waals surface area (Å²) in [6.07, 6.45) is 7.18. The Hall–Kier alpha value is -0.860. The molecule has 0 aliphatic carbocycles. The quantitative estimate of drug-likeness (QED) is 0.649. The minimum atomic E-state index is -3.60. The van der Waals surface area contributed by atoms with Gasteiger partial charge in [-0.1, -0.05) is 19.8 Å². The maximum atomic E-state index is 12.9. The lowest BCUT2D eigenvalue weighted by Gasteiger charge is -2.30. The van der Waals surface area contributed by atoms with Crippen LogP contribution in [0.3, 0.4) is 0 Å². The normalized spacial score (nSPS) is 29.0. The molecule has 3 aliphatic heterocycles. The molecule has 3 rings (SSSR count). The van der Waals surface area contributed by atoms with Gasteiger partial charge < -0.3 is 9.80 Å². The number of likely N-dealkylation sites (tertiary alicyclic amines) is 2. The summed E-state index contributed by atoms with van der Waals surface area (Å²) >= 11 is 0. The molecule has 3 saturated heterocycles. The zero-order valence-corrected chi connectivity index (χ0v) is 17.9. The van der Waals surface area contributed by atoms with E-state index in [1.807, 2.05) is 6.92 Å². The van der Waals surface area contributed by atoms with E-state index < -0.39 is 10.0 Å². The van der Waals surface area contributed by atoms with E-state index in [1.54, 1.807) is 4.90 Å². The van der Waals surface area contributed by atoms with E-state index in [2.05, 4.69) is 4.90 Å². The van der Waals surface area contributed by atoms with Gasteiger partial charge in [0.25, 0.3) is 0 Å². The number of piperidine rings is 1. The van der Waals surface area contributed by atoms with Crippen LogP contribution in [0.2, 0.25) is 0 Å². The van der Waals surface area contributed by atoms with Crippen LogP contribution in [0.15, 0.2) is 0 Å². The molecule has 0 saturated carbocycles. The Kier molecular flexibility index (Phi) is 7.55. The van der Waals surface area contributed by atoms with E-state index >= 15 is 0 Å². The number of fused-ring (bicyclic) bond motifs is 1. The lowest BCUT2D eigenvalue weighted by atomic mass is 9.94. The number of hydrogen-bond donors (Lipinski definition) is 0. The molecule has 3 atom stereocenters. The van der Waals surface area contributed by atoms with Gasteiger partial charge in [-0.3, -0.25) is 9.59 Å². The van der Waals surface area contributed by atoms with Crippen molar-refractivity contribution in [1.29, 1.82) is 0 Å². The second kappa shape index (κ2) is 9.09. The zero-order chi connectivity index (χ0) is 18.9. The number of nitrogens with zero attached hydrogens (tertiary/aromatic N) is 3. The Bertz CT molecular complexity index is 651. The summed E-state index contributed by atoms with van der Waals surface area (Å²) in [6.45, 7) is 5.40. The summed E-state index contributed by atoms with van der Waals surface area (Å²) < 4.78 is 25.3. The first-order valence-corrected chi connectivity index (χ1v) is 11.7. The summed E-state index contributed by atoms with van der Waals surface area (Å²) in [4.78, 5) is 29.7. The van der Waals surface area contributed by atoms with Gasteiger partial charge in [-0.05, 0) is 38.8 Å². The van der Waals surface area contributed by atoms with Crippen LogP contribution < -0.4 is 0 Å². The van der Waals surface area contributed by atoms with Crippen molar-refractivity contribution in [3.63, 3.8) is 0 Å². The Balaban J connectivity index is 0.00000261. The van der Waals surface area contributed by atoms with E-state index in [9.17, 15) is 18.0 Å². The van der Waals surface area contributed by atoms with Crippen LogP contribution in [-0.2, 0) is 19.6 Å². The summed E-state index contributed by atoms with van der Waals surface area (Å²) in [5, 5.41) is 0. The van der Waals surface area contributed by atoms with Gasteiger partial charge >= 0.3 is 0 Å². The summed E-state index contributed by atoms with van der Waals surface area (Å²) in [5.74, 6) is -0.647. The van der Waals surface area contributed by atoms with Crippen molar-refractivity contribution in [1.82, 2.24) is 14.1 Å². The number of amides is 2. The molecule has 0 bridgehead atoms. The monoisotopic (exact) mass is 421 g/mol. The van der Waals surface area contributed by atoms with Gasteiger partial charge in [-0.2, -0.15) is 0 Å². The highest BCUT2D eigenvalue weighted by Gasteiger charge is 2.56. The fourth-order valence-corrected chi connectivity index (χ4v) is 6.08. The summed E-state index contributed by atoms with van der Waals surface area (Å²) in [7, 11) is -3.60. The topological polar surface area (TPSA) is 78.0 Å². The molecule has 156 valence electrons. The Morgan fingerprint density at radius 1 is 1.15 bits per heavy atom. The summed E-state index contributed by atoms with van der Waals surface area (Å²) in [5.41, 5.74) is 0. The average molecular weight is 422 g/mol. The van der Waals surface area contributed by atoms with Gasteiger partial charge in [0.2, 0.25) is 21.8 Å². The van der Waals surface area contributed by atoms with E-state index in [-0.39, 0.29) is 42.2 Å². The number of carbonyl (C=O) groups is 2. The molecule has 0 aromatic rings. The maximum absolute atomic E-state index is 12.9. The minimum Gasteiger partial charge on any atom is -0.337 e. The molecule has 0 spiro atoms. The Morgan fingerprint density at radius 3 is 2.41 bits per heavy atom. The van der Waals surface area contributed by atoms with Crippen molar-refractivity contribution in [2.45, 2.75) is 64.0 Å². The van der Waals surface area contributed by atoms with Crippen molar-refractivity contribution in [2.75, 3.05) is 32.4 Å². The third kappa shape index (κ3) is 4.59. The Morgan fingerprint density at radius 2 is 1.81 bits per heavy atom. The molecule has 27 heavy (non-hydrogen) atoms. The molecule has 0 aromatic carbocycles. The highest BCUT2D eigenvalue weighted by Crippen LogP contribution is 2.40. The molecule has 3 aliphatic rings.